The van der Waals surface area contributed by atoms with Crippen molar-refractivity contribution in [1.82, 2.24) is 4.90 Å². The van der Waals surface area contributed by atoms with E-state index in [1.54, 1.807) is 36.1 Å². The molecule has 1 saturated heterocycles. The lowest BCUT2D eigenvalue weighted by atomic mass is 9.74. The predicted octanol–water partition coefficient (Wildman–Crippen LogP) is 4.08. The molecule has 148 valence electrons. The third-order valence-corrected chi connectivity index (χ3v) is 5.81. The molecule has 0 bridgehead atoms. The Kier molecular flexibility index (Phi) is 6.30. The SMILES string of the molecule is CCOC(=O)C1(CC2CC2)CCN(C(=O)[C@H](C)Oc2cccc(Cl)c2)CC1. The van der Waals surface area contributed by atoms with E-state index in [1.807, 2.05) is 6.92 Å². The average molecular weight is 394 g/mol. The molecule has 6 heteroatoms. The molecule has 1 heterocycles. The summed E-state index contributed by atoms with van der Waals surface area (Å²) in [7, 11) is 0. The van der Waals surface area contributed by atoms with Crippen molar-refractivity contribution in [3.8, 4) is 5.75 Å². The van der Waals surface area contributed by atoms with E-state index in [-0.39, 0.29) is 11.9 Å². The fourth-order valence-electron chi connectivity index (χ4n) is 3.86. The molecule has 1 atom stereocenters. The highest BCUT2D eigenvalue weighted by molar-refractivity contribution is 6.30. The number of nitrogens with zero attached hydrogens (tertiary/aromatic N) is 1. The highest BCUT2D eigenvalue weighted by atomic mass is 35.5. The first kappa shape index (κ1) is 20.0. The zero-order valence-corrected chi connectivity index (χ0v) is 16.8. The molecule has 1 aliphatic carbocycles. The van der Waals surface area contributed by atoms with Crippen LogP contribution in [0.2, 0.25) is 5.02 Å². The van der Waals surface area contributed by atoms with E-state index in [0.717, 1.165) is 6.42 Å². The molecule has 3 rings (SSSR count). The first-order valence-electron chi connectivity index (χ1n) is 9.82. The summed E-state index contributed by atoms with van der Waals surface area (Å²) in [5.74, 6) is 1.07. The number of rotatable bonds is 7. The number of likely N-dealkylation sites (tertiary alicyclic amines) is 1. The Morgan fingerprint density at radius 1 is 1.30 bits per heavy atom. The molecule has 0 unspecified atom stereocenters. The van der Waals surface area contributed by atoms with E-state index >= 15 is 0 Å². The maximum atomic E-state index is 12.8. The minimum absolute atomic E-state index is 0.0566. The van der Waals surface area contributed by atoms with E-state index < -0.39 is 11.5 Å². The molecular weight excluding hydrogens is 366 g/mol. The van der Waals surface area contributed by atoms with E-state index in [1.165, 1.54) is 12.8 Å². The molecule has 2 aliphatic rings. The van der Waals surface area contributed by atoms with Crippen molar-refractivity contribution >= 4 is 23.5 Å². The molecule has 27 heavy (non-hydrogen) atoms. The Balaban J connectivity index is 1.59. The highest BCUT2D eigenvalue weighted by Crippen LogP contribution is 2.46. The summed E-state index contributed by atoms with van der Waals surface area (Å²) in [6, 6.07) is 7.04. The minimum Gasteiger partial charge on any atom is -0.481 e. The van der Waals surface area contributed by atoms with Gasteiger partial charge in [0.1, 0.15) is 5.75 Å². The van der Waals surface area contributed by atoms with Gasteiger partial charge in [-0.05, 0) is 57.2 Å². The minimum atomic E-state index is -0.595. The van der Waals surface area contributed by atoms with Gasteiger partial charge in [-0.3, -0.25) is 9.59 Å². The van der Waals surface area contributed by atoms with Crippen LogP contribution in [0, 0.1) is 11.3 Å². The maximum absolute atomic E-state index is 12.8. The summed E-state index contributed by atoms with van der Waals surface area (Å²) < 4.78 is 11.1. The first-order chi connectivity index (χ1) is 12.9. The molecule has 5 nitrogen and oxygen atoms in total. The van der Waals surface area contributed by atoms with Gasteiger partial charge in [-0.1, -0.05) is 30.5 Å². The monoisotopic (exact) mass is 393 g/mol. The van der Waals surface area contributed by atoms with Crippen LogP contribution < -0.4 is 4.74 Å². The third kappa shape index (κ3) is 4.95. The van der Waals surface area contributed by atoms with Gasteiger partial charge in [-0.15, -0.1) is 0 Å². The Morgan fingerprint density at radius 3 is 2.59 bits per heavy atom. The fraction of sp³-hybridized carbons (Fsp3) is 0.619. The summed E-state index contributed by atoms with van der Waals surface area (Å²) in [6.07, 6.45) is 4.03. The zero-order valence-electron chi connectivity index (χ0n) is 16.1. The van der Waals surface area contributed by atoms with Gasteiger partial charge < -0.3 is 14.4 Å². The largest absolute Gasteiger partial charge is 0.481 e. The van der Waals surface area contributed by atoms with Crippen LogP contribution in [0.4, 0.5) is 0 Å². The number of halogens is 1. The van der Waals surface area contributed by atoms with Gasteiger partial charge in [0.05, 0.1) is 12.0 Å². The number of benzene rings is 1. The summed E-state index contributed by atoms with van der Waals surface area (Å²) >= 11 is 5.97. The number of hydrogen-bond donors (Lipinski definition) is 0. The average Bonchev–Trinajstić information content (AvgIpc) is 3.46. The molecule has 0 radical (unpaired) electrons. The van der Waals surface area contributed by atoms with Crippen LogP contribution in [0.25, 0.3) is 0 Å². The summed E-state index contributed by atoms with van der Waals surface area (Å²) in [5, 5.41) is 0.574. The lowest BCUT2D eigenvalue weighted by molar-refractivity contribution is -0.162. The van der Waals surface area contributed by atoms with Crippen molar-refractivity contribution < 1.29 is 19.1 Å². The van der Waals surface area contributed by atoms with Gasteiger partial charge >= 0.3 is 5.97 Å². The molecule has 2 fully saturated rings. The molecule has 0 spiro atoms. The summed E-state index contributed by atoms with van der Waals surface area (Å²) in [4.78, 5) is 27.2. The molecule has 1 amide bonds. The standard InChI is InChI=1S/C21H28ClNO4/c1-3-26-20(25)21(14-16-7-8-16)9-11-23(12-10-21)19(24)15(2)27-18-6-4-5-17(22)13-18/h4-6,13,15-16H,3,7-12,14H2,1-2H3/t15-/m0/s1. The Bertz CT molecular complexity index is 681. The third-order valence-electron chi connectivity index (χ3n) is 5.57. The van der Waals surface area contributed by atoms with Crippen LogP contribution in [0.1, 0.15) is 46.0 Å². The lowest BCUT2D eigenvalue weighted by Crippen LogP contribution is -2.50. The number of hydrogen-bond acceptors (Lipinski definition) is 4. The van der Waals surface area contributed by atoms with Crippen LogP contribution in [0.15, 0.2) is 24.3 Å². The molecule has 0 N–H and O–H groups in total. The summed E-state index contributed by atoms with van der Waals surface area (Å²) in [6.45, 7) is 5.12. The number of ether oxygens (including phenoxy) is 2. The Labute approximate surface area is 166 Å². The molecular formula is C21H28ClNO4. The fourth-order valence-corrected chi connectivity index (χ4v) is 4.04. The van der Waals surface area contributed by atoms with Crippen molar-refractivity contribution in [2.75, 3.05) is 19.7 Å². The number of carbonyl (C=O) groups is 2. The van der Waals surface area contributed by atoms with E-state index in [2.05, 4.69) is 0 Å². The van der Waals surface area contributed by atoms with E-state index in [0.29, 0.717) is 49.2 Å². The van der Waals surface area contributed by atoms with Gasteiger partial charge in [-0.2, -0.15) is 0 Å². The first-order valence-corrected chi connectivity index (χ1v) is 10.2. The van der Waals surface area contributed by atoms with Crippen LogP contribution in [0.3, 0.4) is 0 Å². The second-order valence-corrected chi connectivity index (χ2v) is 8.13. The quantitative estimate of drug-likeness (QED) is 0.655. The second-order valence-electron chi connectivity index (χ2n) is 7.69. The topological polar surface area (TPSA) is 55.8 Å². The van der Waals surface area contributed by atoms with Crippen LogP contribution in [-0.4, -0.2) is 42.6 Å². The Morgan fingerprint density at radius 2 is 2.00 bits per heavy atom. The van der Waals surface area contributed by atoms with Crippen molar-refractivity contribution in [3.63, 3.8) is 0 Å². The summed E-state index contributed by atoms with van der Waals surface area (Å²) in [5.41, 5.74) is -0.426. The number of piperidine rings is 1. The number of esters is 1. The maximum Gasteiger partial charge on any atom is 0.312 e. The molecule has 1 aliphatic heterocycles. The lowest BCUT2D eigenvalue weighted by Gasteiger charge is -2.40. The van der Waals surface area contributed by atoms with E-state index in [9.17, 15) is 9.59 Å². The molecule has 1 saturated carbocycles. The van der Waals surface area contributed by atoms with Gasteiger partial charge in [0.25, 0.3) is 5.91 Å². The normalized spacial score (nSPS) is 20.0. The van der Waals surface area contributed by atoms with Crippen LogP contribution in [0.5, 0.6) is 5.75 Å². The number of amides is 1. The predicted molar refractivity (Wildman–Crippen MR) is 104 cm³/mol. The Hall–Kier alpha value is -1.75. The molecule has 0 aromatic heterocycles. The van der Waals surface area contributed by atoms with Crippen molar-refractivity contribution in [3.05, 3.63) is 29.3 Å². The van der Waals surface area contributed by atoms with Gasteiger partial charge in [0, 0.05) is 18.1 Å². The van der Waals surface area contributed by atoms with Crippen molar-refractivity contribution in [2.45, 2.75) is 52.1 Å². The van der Waals surface area contributed by atoms with Crippen LogP contribution in [-0.2, 0) is 14.3 Å². The van der Waals surface area contributed by atoms with Crippen molar-refractivity contribution in [1.29, 1.82) is 0 Å². The molecule has 1 aromatic rings. The second kappa shape index (κ2) is 8.51. The smallest absolute Gasteiger partial charge is 0.312 e. The molecule has 1 aromatic carbocycles. The zero-order chi connectivity index (χ0) is 19.4. The van der Waals surface area contributed by atoms with Gasteiger partial charge in [-0.25, -0.2) is 0 Å². The van der Waals surface area contributed by atoms with Crippen LogP contribution >= 0.6 is 11.6 Å². The van der Waals surface area contributed by atoms with Gasteiger partial charge in [0.2, 0.25) is 0 Å². The highest BCUT2D eigenvalue weighted by Gasteiger charge is 2.47. The van der Waals surface area contributed by atoms with E-state index in [4.69, 9.17) is 21.1 Å². The number of carbonyl (C=O) groups excluding carboxylic acids is 2. The van der Waals surface area contributed by atoms with Gasteiger partial charge in [0.15, 0.2) is 6.10 Å². The van der Waals surface area contributed by atoms with Crippen molar-refractivity contribution in [2.24, 2.45) is 11.3 Å².